The van der Waals surface area contributed by atoms with Gasteiger partial charge in [0.25, 0.3) is 0 Å². The molecule has 0 aliphatic heterocycles. The fourth-order valence-electron chi connectivity index (χ4n) is 5.77. The molecule has 1 heteroatoms. The second kappa shape index (κ2) is 8.55. The van der Waals surface area contributed by atoms with E-state index in [9.17, 15) is 4.11 Å². The summed E-state index contributed by atoms with van der Waals surface area (Å²) in [5, 5.41) is 0.661. The van der Waals surface area contributed by atoms with Gasteiger partial charge >= 0.3 is 0 Å². The Labute approximate surface area is 259 Å². The fourth-order valence-corrected chi connectivity index (χ4v) is 5.77. The van der Waals surface area contributed by atoms with Crippen LogP contribution in [0.25, 0.3) is 87.3 Å². The third-order valence-corrected chi connectivity index (χ3v) is 7.44. The van der Waals surface area contributed by atoms with Gasteiger partial charge in [0.05, 0.1) is 21.9 Å². The molecular formula is C40H24O. The minimum atomic E-state index is -0.614. The molecular weight excluding hydrogens is 496 g/mol. The second-order valence-electron chi connectivity index (χ2n) is 9.60. The van der Waals surface area contributed by atoms with Crippen molar-refractivity contribution in [2.75, 3.05) is 0 Å². The lowest BCUT2D eigenvalue weighted by molar-refractivity contribution is 0.669. The van der Waals surface area contributed by atoms with Crippen molar-refractivity contribution in [3.63, 3.8) is 0 Å². The molecule has 0 aliphatic rings. The van der Waals surface area contributed by atoms with E-state index in [0.717, 1.165) is 0 Å². The number of hydrogen-bond acceptors (Lipinski definition) is 1. The third-order valence-electron chi connectivity index (χ3n) is 7.44. The van der Waals surface area contributed by atoms with Gasteiger partial charge in [-0.05, 0) is 83.5 Å². The van der Waals surface area contributed by atoms with Crippen molar-refractivity contribution in [3.8, 4) is 22.3 Å². The van der Waals surface area contributed by atoms with Gasteiger partial charge in [-0.3, -0.25) is 0 Å². The molecule has 190 valence electrons. The maximum atomic E-state index is 9.41. The topological polar surface area (TPSA) is 13.1 Å². The van der Waals surface area contributed by atoms with E-state index >= 15 is 0 Å². The highest BCUT2D eigenvalue weighted by Gasteiger charge is 2.21. The van der Waals surface area contributed by atoms with Gasteiger partial charge in [0, 0.05) is 10.8 Å². The molecule has 41 heavy (non-hydrogen) atoms. The normalized spacial score (nSPS) is 17.4. The van der Waals surface area contributed by atoms with Gasteiger partial charge in [0.2, 0.25) is 0 Å². The van der Waals surface area contributed by atoms with E-state index in [1.807, 2.05) is 0 Å². The van der Waals surface area contributed by atoms with Crippen LogP contribution in [0.15, 0.2) is 150 Å². The first-order chi connectivity index (χ1) is 27.0. The van der Waals surface area contributed by atoms with Crippen molar-refractivity contribution >= 4 is 65.0 Å². The van der Waals surface area contributed by atoms with Crippen LogP contribution in [-0.4, -0.2) is 0 Å². The number of hydrogen-bond donors (Lipinski definition) is 0. The lowest BCUT2D eigenvalue weighted by atomic mass is 9.84. The van der Waals surface area contributed by atoms with E-state index in [4.69, 9.17) is 22.2 Å². The van der Waals surface area contributed by atoms with Gasteiger partial charge in [0.1, 0.15) is 11.2 Å². The standard InChI is InChI=1S/C40H24O/c1-2-13-27-24-37-35(23-26(27)12-1)40-34(21-10-22-36(40)41-37)39-32-18-7-5-16-30(32)38(31-17-6-8-19-33(31)39)29-20-9-14-25-11-3-4-15-28(25)29/h1-24H/i1D,2D,3D,4D,9D,10D,11D,12D,13D,14D,15D,20D,21D,22D,23D,24D. The average molecular weight is 537 g/mol. The van der Waals surface area contributed by atoms with Gasteiger partial charge in [-0.1, -0.05) is 127 Å². The summed E-state index contributed by atoms with van der Waals surface area (Å²) in [5.41, 5.74) is 0.118. The van der Waals surface area contributed by atoms with Gasteiger partial charge in [-0.2, -0.15) is 0 Å². The molecule has 0 bridgehead atoms. The lowest BCUT2D eigenvalue weighted by Crippen LogP contribution is -1.92. The first kappa shape index (κ1) is 12.0. The molecule has 9 rings (SSSR count). The van der Waals surface area contributed by atoms with Crippen LogP contribution in [0.3, 0.4) is 0 Å². The highest BCUT2D eigenvalue weighted by atomic mass is 16.3. The Bertz CT molecular complexity index is 3300. The number of benzene rings is 8. The quantitative estimate of drug-likeness (QED) is 0.200. The average Bonchev–Trinajstić information content (AvgIpc) is 3.61. The molecule has 0 fully saturated rings. The van der Waals surface area contributed by atoms with Crippen molar-refractivity contribution in [3.05, 3.63) is 145 Å². The number of rotatable bonds is 2. The van der Waals surface area contributed by atoms with E-state index in [1.165, 1.54) is 0 Å². The molecule has 0 aliphatic carbocycles. The molecule has 0 unspecified atom stereocenters. The van der Waals surface area contributed by atoms with Crippen LogP contribution < -0.4 is 0 Å². The highest BCUT2D eigenvalue weighted by molar-refractivity contribution is 6.27. The monoisotopic (exact) mass is 536 g/mol. The molecule has 8 aromatic carbocycles. The molecule has 1 aromatic heterocycles. The fraction of sp³-hybridized carbons (Fsp3) is 0. The highest BCUT2D eigenvalue weighted by Crippen LogP contribution is 2.48. The summed E-state index contributed by atoms with van der Waals surface area (Å²) in [6, 6.07) is 5.19. The van der Waals surface area contributed by atoms with E-state index in [2.05, 4.69) is 0 Å². The molecule has 0 saturated heterocycles. The number of fused-ring (bicyclic) bond motifs is 7. The minimum absolute atomic E-state index is 0.000355. The largest absolute Gasteiger partial charge is 0.456 e. The van der Waals surface area contributed by atoms with Crippen LogP contribution in [-0.2, 0) is 0 Å². The second-order valence-corrected chi connectivity index (χ2v) is 9.60. The summed E-state index contributed by atoms with van der Waals surface area (Å²) in [5.74, 6) is 0. The number of furan rings is 1. The van der Waals surface area contributed by atoms with Crippen molar-refractivity contribution in [2.24, 2.45) is 0 Å². The van der Waals surface area contributed by atoms with Gasteiger partial charge in [0.15, 0.2) is 0 Å². The van der Waals surface area contributed by atoms with E-state index in [-0.39, 0.29) is 54.6 Å². The summed E-state index contributed by atoms with van der Waals surface area (Å²) in [4.78, 5) is 0. The van der Waals surface area contributed by atoms with Crippen LogP contribution in [0.1, 0.15) is 21.9 Å². The Hall–Kier alpha value is -5.40. The van der Waals surface area contributed by atoms with Crippen molar-refractivity contribution < 1.29 is 26.3 Å². The Morgan fingerprint density at radius 2 is 0.951 bits per heavy atom. The lowest BCUT2D eigenvalue weighted by Gasteiger charge is -2.19. The van der Waals surface area contributed by atoms with Crippen molar-refractivity contribution in [2.45, 2.75) is 0 Å². The smallest absolute Gasteiger partial charge is 0.136 e. The van der Waals surface area contributed by atoms with Crippen LogP contribution in [0.2, 0.25) is 0 Å². The Balaban J connectivity index is 1.55. The summed E-state index contributed by atoms with van der Waals surface area (Å²) in [6.45, 7) is 0. The van der Waals surface area contributed by atoms with E-state index in [0.29, 0.717) is 32.7 Å². The summed E-state index contributed by atoms with van der Waals surface area (Å²) in [7, 11) is 0. The zero-order valence-corrected chi connectivity index (χ0v) is 21.0. The molecule has 0 N–H and O–H groups in total. The summed E-state index contributed by atoms with van der Waals surface area (Å²) < 4.78 is 147. The van der Waals surface area contributed by atoms with Crippen LogP contribution >= 0.6 is 0 Å². The van der Waals surface area contributed by atoms with Crippen molar-refractivity contribution in [1.29, 1.82) is 0 Å². The Morgan fingerprint density at radius 1 is 0.415 bits per heavy atom. The molecule has 9 aromatic rings. The Morgan fingerprint density at radius 3 is 1.66 bits per heavy atom. The zero-order valence-electron chi connectivity index (χ0n) is 37.0. The molecule has 0 saturated carbocycles. The molecule has 1 heterocycles. The maximum Gasteiger partial charge on any atom is 0.136 e. The molecule has 0 atom stereocenters. The summed E-state index contributed by atoms with van der Waals surface area (Å²) in [6.07, 6.45) is 0. The van der Waals surface area contributed by atoms with E-state index in [1.54, 1.807) is 48.5 Å². The third kappa shape index (κ3) is 3.24. The zero-order chi connectivity index (χ0) is 40.8. The van der Waals surface area contributed by atoms with Crippen LogP contribution in [0, 0.1) is 0 Å². The Kier molecular flexibility index (Phi) is 2.50. The van der Waals surface area contributed by atoms with Gasteiger partial charge in [-0.25, -0.2) is 0 Å². The molecule has 0 spiro atoms. The predicted octanol–water partition coefficient (Wildman–Crippen LogP) is 11.5. The van der Waals surface area contributed by atoms with Crippen LogP contribution in [0.4, 0.5) is 0 Å². The van der Waals surface area contributed by atoms with E-state index < -0.39 is 96.7 Å². The summed E-state index contributed by atoms with van der Waals surface area (Å²) >= 11 is 0. The van der Waals surface area contributed by atoms with Crippen LogP contribution in [0.5, 0.6) is 0 Å². The minimum Gasteiger partial charge on any atom is -0.456 e. The first-order valence-corrected chi connectivity index (χ1v) is 12.8. The SMILES string of the molecule is [2H]c1c([2H])c(-c2c3ccccc3c(-c3c([2H])c([2H])c([2H])c4c([2H])c([2H])c([2H])c([2H])c34)c3ccccc23)c2c(oc3c([2H])c4c([2H])c([2H])c([2H])c([2H])c4c([2H])c32)c1[2H]. The predicted molar refractivity (Wildman–Crippen MR) is 175 cm³/mol. The van der Waals surface area contributed by atoms with Gasteiger partial charge < -0.3 is 4.42 Å². The molecule has 1 nitrogen and oxygen atoms in total. The molecule has 0 radical (unpaired) electrons. The van der Waals surface area contributed by atoms with Gasteiger partial charge in [-0.15, -0.1) is 0 Å². The van der Waals surface area contributed by atoms with Crippen molar-refractivity contribution in [1.82, 2.24) is 0 Å². The first-order valence-electron chi connectivity index (χ1n) is 20.8. The maximum absolute atomic E-state index is 9.41. The molecule has 0 amide bonds.